The maximum absolute atomic E-state index is 5.89. The fourth-order valence-electron chi connectivity index (χ4n) is 3.01. The Kier molecular flexibility index (Phi) is 4.60. The van der Waals surface area contributed by atoms with Crippen molar-refractivity contribution >= 4 is 23.0 Å². The smallest absolute Gasteiger partial charge is 0.139 e. The molecule has 5 heteroatoms. The third-order valence-electron chi connectivity index (χ3n) is 4.09. The molecule has 1 saturated heterocycles. The molecule has 1 fully saturated rings. The van der Waals surface area contributed by atoms with Crippen LogP contribution in [0.1, 0.15) is 29.7 Å². The van der Waals surface area contributed by atoms with Crippen LogP contribution in [0.4, 0.5) is 5.82 Å². The number of nitrogens with zero attached hydrogens (tertiary/aromatic N) is 3. The van der Waals surface area contributed by atoms with Crippen LogP contribution in [0.3, 0.4) is 0 Å². The Morgan fingerprint density at radius 3 is 2.80 bits per heavy atom. The molecule has 0 spiro atoms. The van der Waals surface area contributed by atoms with Gasteiger partial charge in [0.15, 0.2) is 0 Å². The molecule has 0 aliphatic carbocycles. The molecular formula is C15H24N4S. The first-order valence-corrected chi connectivity index (χ1v) is 7.50. The molecule has 1 unspecified atom stereocenters. The average Bonchev–Trinajstić information content (AvgIpc) is 2.73. The molecule has 2 N–H and O–H groups in total. The lowest BCUT2D eigenvalue weighted by Gasteiger charge is -2.28. The first-order valence-electron chi connectivity index (χ1n) is 7.09. The van der Waals surface area contributed by atoms with Crippen molar-refractivity contribution in [3.05, 3.63) is 22.9 Å². The molecule has 0 bridgehead atoms. The van der Waals surface area contributed by atoms with Crippen molar-refractivity contribution in [3.8, 4) is 0 Å². The number of rotatable bonds is 4. The molecule has 1 aromatic rings. The number of likely N-dealkylation sites (N-methyl/N-ethyl adjacent to an activating group) is 2. The summed E-state index contributed by atoms with van der Waals surface area (Å²) >= 11 is 5.21. The number of aryl methyl sites for hydroxylation is 2. The molecule has 0 aromatic carbocycles. The third-order valence-corrected chi connectivity index (χ3v) is 4.29. The Labute approximate surface area is 127 Å². The van der Waals surface area contributed by atoms with E-state index in [1.165, 1.54) is 19.4 Å². The average molecular weight is 292 g/mol. The highest BCUT2D eigenvalue weighted by Crippen LogP contribution is 2.24. The zero-order valence-corrected chi connectivity index (χ0v) is 13.6. The second kappa shape index (κ2) is 6.06. The van der Waals surface area contributed by atoms with Crippen molar-refractivity contribution in [1.29, 1.82) is 0 Å². The lowest BCUT2D eigenvalue weighted by molar-refractivity contribution is 0.314. The van der Waals surface area contributed by atoms with E-state index >= 15 is 0 Å². The molecule has 110 valence electrons. The summed E-state index contributed by atoms with van der Waals surface area (Å²) in [5.74, 6) is 0.912. The van der Waals surface area contributed by atoms with Crippen LogP contribution in [0.25, 0.3) is 0 Å². The summed E-state index contributed by atoms with van der Waals surface area (Å²) in [5, 5.41) is 0. The Morgan fingerprint density at radius 1 is 1.55 bits per heavy atom. The molecule has 0 radical (unpaired) electrons. The van der Waals surface area contributed by atoms with Crippen LogP contribution in [0, 0.1) is 13.8 Å². The highest BCUT2D eigenvalue weighted by molar-refractivity contribution is 7.80. The molecule has 1 aliphatic heterocycles. The summed E-state index contributed by atoms with van der Waals surface area (Å²) in [4.78, 5) is 9.70. The monoisotopic (exact) mass is 292 g/mol. The zero-order chi connectivity index (χ0) is 14.9. The van der Waals surface area contributed by atoms with Gasteiger partial charge in [0.1, 0.15) is 10.8 Å². The van der Waals surface area contributed by atoms with Crippen molar-refractivity contribution in [2.24, 2.45) is 5.73 Å². The van der Waals surface area contributed by atoms with Crippen LogP contribution in [-0.4, -0.2) is 48.1 Å². The quantitative estimate of drug-likeness (QED) is 0.858. The predicted octanol–water partition coefficient (Wildman–Crippen LogP) is 1.86. The van der Waals surface area contributed by atoms with Gasteiger partial charge >= 0.3 is 0 Å². The maximum Gasteiger partial charge on any atom is 0.139 e. The molecule has 4 nitrogen and oxygen atoms in total. The number of thiocarbonyl (C=S) groups is 1. The van der Waals surface area contributed by atoms with Gasteiger partial charge in [-0.1, -0.05) is 12.2 Å². The van der Waals surface area contributed by atoms with E-state index in [9.17, 15) is 0 Å². The number of nitrogens with two attached hydrogens (primary N) is 1. The van der Waals surface area contributed by atoms with E-state index in [-0.39, 0.29) is 0 Å². The second-order valence-electron chi connectivity index (χ2n) is 5.80. The van der Waals surface area contributed by atoms with Gasteiger partial charge < -0.3 is 15.5 Å². The Balaban J connectivity index is 2.28. The number of anilines is 1. The fraction of sp³-hybridized carbons (Fsp3) is 0.600. The fourth-order valence-corrected chi connectivity index (χ4v) is 3.26. The summed E-state index contributed by atoms with van der Waals surface area (Å²) in [6.45, 7) is 6.19. The highest BCUT2D eigenvalue weighted by Gasteiger charge is 2.24. The normalized spacial score (nSPS) is 19.3. The van der Waals surface area contributed by atoms with Crippen molar-refractivity contribution in [3.63, 3.8) is 0 Å². The lowest BCUT2D eigenvalue weighted by Crippen LogP contribution is -2.38. The molecule has 1 aromatic heterocycles. The number of hydrogen-bond acceptors (Lipinski definition) is 4. The zero-order valence-electron chi connectivity index (χ0n) is 12.8. The molecule has 2 heterocycles. The van der Waals surface area contributed by atoms with E-state index in [2.05, 4.69) is 28.9 Å². The number of aromatic nitrogens is 1. The summed E-state index contributed by atoms with van der Waals surface area (Å²) < 4.78 is 0. The van der Waals surface area contributed by atoms with Gasteiger partial charge in [0.05, 0.1) is 5.56 Å². The van der Waals surface area contributed by atoms with Crippen LogP contribution < -0.4 is 10.6 Å². The first kappa shape index (κ1) is 15.2. The van der Waals surface area contributed by atoms with Gasteiger partial charge in [-0.3, -0.25) is 0 Å². The molecule has 1 atom stereocenters. The van der Waals surface area contributed by atoms with E-state index in [4.69, 9.17) is 18.0 Å². The summed E-state index contributed by atoms with van der Waals surface area (Å²) in [5.41, 5.74) is 8.91. The third kappa shape index (κ3) is 3.10. The van der Waals surface area contributed by atoms with Gasteiger partial charge in [-0.25, -0.2) is 4.98 Å². The van der Waals surface area contributed by atoms with Crippen LogP contribution in [0.5, 0.6) is 0 Å². The standard InChI is InChI=1S/C15H24N4S/c1-10-8-11(2)17-15(13(10)14(16)20)19(4)9-12-6-5-7-18(12)3/h8,12H,5-7,9H2,1-4H3,(H2,16,20). The van der Waals surface area contributed by atoms with E-state index in [0.29, 0.717) is 11.0 Å². The second-order valence-corrected chi connectivity index (χ2v) is 6.24. The van der Waals surface area contributed by atoms with Crippen molar-refractivity contribution < 1.29 is 0 Å². The minimum atomic E-state index is 0.427. The molecular weight excluding hydrogens is 268 g/mol. The van der Waals surface area contributed by atoms with Gasteiger partial charge in [-0.15, -0.1) is 0 Å². The van der Waals surface area contributed by atoms with Gasteiger partial charge in [-0.2, -0.15) is 0 Å². The minimum Gasteiger partial charge on any atom is -0.389 e. The van der Waals surface area contributed by atoms with Crippen LogP contribution >= 0.6 is 12.2 Å². The lowest BCUT2D eigenvalue weighted by atomic mass is 10.1. The first-order chi connectivity index (χ1) is 9.40. The number of hydrogen-bond donors (Lipinski definition) is 1. The minimum absolute atomic E-state index is 0.427. The van der Waals surface area contributed by atoms with E-state index in [0.717, 1.165) is 29.2 Å². The molecule has 1 aliphatic rings. The summed E-state index contributed by atoms with van der Waals surface area (Å²) in [6.07, 6.45) is 2.52. The summed E-state index contributed by atoms with van der Waals surface area (Å²) in [7, 11) is 4.27. The summed E-state index contributed by atoms with van der Waals surface area (Å²) in [6, 6.07) is 2.62. The molecule has 0 saturated carbocycles. The van der Waals surface area contributed by atoms with Gasteiger partial charge in [0, 0.05) is 25.3 Å². The predicted molar refractivity (Wildman–Crippen MR) is 88.5 cm³/mol. The van der Waals surface area contributed by atoms with Crippen LogP contribution in [-0.2, 0) is 0 Å². The number of pyridine rings is 1. The topological polar surface area (TPSA) is 45.4 Å². The maximum atomic E-state index is 5.89. The van der Waals surface area contributed by atoms with Crippen LogP contribution in [0.2, 0.25) is 0 Å². The van der Waals surface area contributed by atoms with Crippen molar-refractivity contribution in [2.75, 3.05) is 32.1 Å². The van der Waals surface area contributed by atoms with E-state index < -0.39 is 0 Å². The van der Waals surface area contributed by atoms with Gasteiger partial charge in [0.2, 0.25) is 0 Å². The largest absolute Gasteiger partial charge is 0.389 e. The highest BCUT2D eigenvalue weighted by atomic mass is 32.1. The Bertz CT molecular complexity index is 515. The Hall–Kier alpha value is -1.20. The van der Waals surface area contributed by atoms with E-state index in [1.54, 1.807) is 0 Å². The SMILES string of the molecule is Cc1cc(C)c(C(N)=S)c(N(C)CC2CCCN2C)n1. The molecule has 20 heavy (non-hydrogen) atoms. The molecule has 0 amide bonds. The number of likely N-dealkylation sites (tertiary alicyclic amines) is 1. The molecule has 2 rings (SSSR count). The van der Waals surface area contributed by atoms with Gasteiger partial charge in [0.25, 0.3) is 0 Å². The van der Waals surface area contributed by atoms with E-state index in [1.807, 2.05) is 19.9 Å². The van der Waals surface area contributed by atoms with Crippen LogP contribution in [0.15, 0.2) is 6.07 Å². The van der Waals surface area contributed by atoms with Gasteiger partial charge in [-0.05, 0) is 51.9 Å². The Morgan fingerprint density at radius 2 is 2.25 bits per heavy atom. The van der Waals surface area contributed by atoms with Crippen molar-refractivity contribution in [1.82, 2.24) is 9.88 Å². The van der Waals surface area contributed by atoms with Crippen molar-refractivity contribution in [2.45, 2.75) is 32.7 Å².